The second-order valence-electron chi connectivity index (χ2n) is 3.35. The van der Waals surface area contributed by atoms with Crippen LogP contribution in [-0.4, -0.2) is 12.2 Å². The molecule has 0 spiro atoms. The van der Waals surface area contributed by atoms with Crippen molar-refractivity contribution in [2.75, 3.05) is 12.4 Å². The van der Waals surface area contributed by atoms with Crippen molar-refractivity contribution in [3.8, 4) is 0 Å². The van der Waals surface area contributed by atoms with Gasteiger partial charge in [-0.3, -0.25) is 0 Å². The van der Waals surface area contributed by atoms with Gasteiger partial charge in [0.05, 0.1) is 5.60 Å². The van der Waals surface area contributed by atoms with Crippen molar-refractivity contribution in [1.29, 1.82) is 0 Å². The summed E-state index contributed by atoms with van der Waals surface area (Å²) >= 11 is 0. The molecule has 1 aromatic carbocycles. The average molecular weight is 165 g/mol. The fourth-order valence-electron chi connectivity index (χ4n) is 1.23. The summed E-state index contributed by atoms with van der Waals surface area (Å²) in [6.07, 6.45) is 0. The van der Waals surface area contributed by atoms with Gasteiger partial charge in [-0.2, -0.15) is 0 Å². The summed E-state index contributed by atoms with van der Waals surface area (Å²) in [4.78, 5) is 0. The molecule has 0 bridgehead atoms. The molecule has 0 atom stereocenters. The fraction of sp³-hybridized carbons (Fsp3) is 0.400. The van der Waals surface area contributed by atoms with Crippen LogP contribution in [0.1, 0.15) is 19.4 Å². The van der Waals surface area contributed by atoms with Gasteiger partial charge in [-0.1, -0.05) is 18.2 Å². The zero-order valence-corrected chi connectivity index (χ0v) is 7.76. The molecule has 0 heterocycles. The smallest absolute Gasteiger partial charge is 0.0860 e. The molecule has 0 aliphatic rings. The molecular weight excluding hydrogens is 150 g/mol. The largest absolute Gasteiger partial charge is 0.388 e. The van der Waals surface area contributed by atoms with E-state index in [1.165, 1.54) is 0 Å². The summed E-state index contributed by atoms with van der Waals surface area (Å²) in [6, 6.07) is 7.74. The van der Waals surface area contributed by atoms with Gasteiger partial charge in [0.2, 0.25) is 0 Å². The number of hydrogen-bond donors (Lipinski definition) is 2. The van der Waals surface area contributed by atoms with Crippen LogP contribution in [0.15, 0.2) is 24.3 Å². The zero-order chi connectivity index (χ0) is 9.19. The normalized spacial score (nSPS) is 11.3. The SMILES string of the molecule is CNc1ccccc1C(C)(C)O. The molecule has 0 fully saturated rings. The minimum atomic E-state index is -0.778. The predicted molar refractivity (Wildman–Crippen MR) is 51.2 cm³/mol. The first-order chi connectivity index (χ1) is 5.55. The van der Waals surface area contributed by atoms with Crippen molar-refractivity contribution in [3.63, 3.8) is 0 Å². The number of rotatable bonds is 2. The number of benzene rings is 1. The average Bonchev–Trinajstić information content (AvgIpc) is 2.03. The first-order valence-corrected chi connectivity index (χ1v) is 4.05. The Morgan fingerprint density at radius 3 is 2.25 bits per heavy atom. The van der Waals surface area contributed by atoms with Gasteiger partial charge in [0.15, 0.2) is 0 Å². The van der Waals surface area contributed by atoms with Crippen molar-refractivity contribution < 1.29 is 5.11 Å². The van der Waals surface area contributed by atoms with Gasteiger partial charge in [0.1, 0.15) is 0 Å². The molecule has 0 saturated heterocycles. The minimum Gasteiger partial charge on any atom is -0.388 e. The van der Waals surface area contributed by atoms with Crippen molar-refractivity contribution >= 4 is 5.69 Å². The molecule has 0 radical (unpaired) electrons. The van der Waals surface area contributed by atoms with E-state index in [9.17, 15) is 5.11 Å². The summed E-state index contributed by atoms with van der Waals surface area (Å²) in [7, 11) is 1.85. The van der Waals surface area contributed by atoms with Gasteiger partial charge in [-0.15, -0.1) is 0 Å². The molecule has 66 valence electrons. The highest BCUT2D eigenvalue weighted by molar-refractivity contribution is 5.52. The highest BCUT2D eigenvalue weighted by Gasteiger charge is 2.18. The Balaban J connectivity index is 3.14. The van der Waals surface area contributed by atoms with Crippen LogP contribution < -0.4 is 5.32 Å². The van der Waals surface area contributed by atoms with Crippen LogP contribution in [-0.2, 0) is 5.60 Å². The lowest BCUT2D eigenvalue weighted by Crippen LogP contribution is -2.17. The third-order valence-electron chi connectivity index (χ3n) is 1.86. The van der Waals surface area contributed by atoms with Gasteiger partial charge in [0, 0.05) is 18.3 Å². The van der Waals surface area contributed by atoms with Gasteiger partial charge >= 0.3 is 0 Å². The Labute approximate surface area is 73.2 Å². The second-order valence-corrected chi connectivity index (χ2v) is 3.35. The van der Waals surface area contributed by atoms with Crippen LogP contribution in [0.2, 0.25) is 0 Å². The maximum absolute atomic E-state index is 9.76. The van der Waals surface area contributed by atoms with E-state index in [1.54, 1.807) is 13.8 Å². The molecule has 2 heteroatoms. The van der Waals surface area contributed by atoms with Crippen LogP contribution in [0, 0.1) is 0 Å². The molecule has 1 rings (SSSR count). The van der Waals surface area contributed by atoms with E-state index in [4.69, 9.17) is 0 Å². The number of anilines is 1. The van der Waals surface area contributed by atoms with E-state index in [1.807, 2.05) is 31.3 Å². The van der Waals surface area contributed by atoms with E-state index in [0.717, 1.165) is 11.3 Å². The number of aliphatic hydroxyl groups is 1. The summed E-state index contributed by atoms with van der Waals surface area (Å²) in [5.41, 5.74) is 1.12. The van der Waals surface area contributed by atoms with Gasteiger partial charge in [-0.25, -0.2) is 0 Å². The quantitative estimate of drug-likeness (QED) is 0.702. The van der Waals surface area contributed by atoms with E-state index >= 15 is 0 Å². The summed E-state index contributed by atoms with van der Waals surface area (Å²) in [5, 5.41) is 12.8. The van der Waals surface area contributed by atoms with Gasteiger partial charge < -0.3 is 10.4 Å². The molecule has 2 N–H and O–H groups in total. The molecule has 0 unspecified atom stereocenters. The standard InChI is InChI=1S/C10H15NO/c1-10(2,12)8-6-4-5-7-9(8)11-3/h4-7,11-12H,1-3H3. The summed E-state index contributed by atoms with van der Waals surface area (Å²) in [6.45, 7) is 3.56. The Bertz CT molecular complexity index is 263. The first-order valence-electron chi connectivity index (χ1n) is 4.05. The topological polar surface area (TPSA) is 32.3 Å². The van der Waals surface area contributed by atoms with E-state index in [-0.39, 0.29) is 0 Å². The maximum Gasteiger partial charge on any atom is 0.0860 e. The molecule has 0 aromatic heterocycles. The monoisotopic (exact) mass is 165 g/mol. The Hall–Kier alpha value is -1.02. The summed E-state index contributed by atoms with van der Waals surface area (Å²) < 4.78 is 0. The van der Waals surface area contributed by atoms with Gasteiger partial charge in [-0.05, 0) is 19.9 Å². The molecule has 0 aliphatic heterocycles. The van der Waals surface area contributed by atoms with Crippen LogP contribution in [0.25, 0.3) is 0 Å². The number of nitrogens with one attached hydrogen (secondary N) is 1. The minimum absolute atomic E-state index is 0.778. The third-order valence-corrected chi connectivity index (χ3v) is 1.86. The van der Waals surface area contributed by atoms with E-state index < -0.39 is 5.60 Å². The van der Waals surface area contributed by atoms with Crippen LogP contribution in [0.4, 0.5) is 5.69 Å². The van der Waals surface area contributed by atoms with Crippen molar-refractivity contribution in [3.05, 3.63) is 29.8 Å². The van der Waals surface area contributed by atoms with Crippen LogP contribution >= 0.6 is 0 Å². The lowest BCUT2D eigenvalue weighted by Gasteiger charge is -2.21. The van der Waals surface area contributed by atoms with E-state index in [0.29, 0.717) is 0 Å². The van der Waals surface area contributed by atoms with Crippen molar-refractivity contribution in [1.82, 2.24) is 0 Å². The maximum atomic E-state index is 9.76. The lowest BCUT2D eigenvalue weighted by atomic mass is 9.97. The molecular formula is C10H15NO. The van der Waals surface area contributed by atoms with Crippen LogP contribution in [0.5, 0.6) is 0 Å². The Kier molecular flexibility index (Phi) is 2.38. The van der Waals surface area contributed by atoms with E-state index in [2.05, 4.69) is 5.32 Å². The van der Waals surface area contributed by atoms with Gasteiger partial charge in [0.25, 0.3) is 0 Å². The van der Waals surface area contributed by atoms with Crippen molar-refractivity contribution in [2.45, 2.75) is 19.4 Å². The highest BCUT2D eigenvalue weighted by atomic mass is 16.3. The number of para-hydroxylation sites is 1. The molecule has 0 amide bonds. The lowest BCUT2D eigenvalue weighted by molar-refractivity contribution is 0.0793. The number of hydrogen-bond acceptors (Lipinski definition) is 2. The molecule has 2 nitrogen and oxygen atoms in total. The van der Waals surface area contributed by atoms with Crippen LogP contribution in [0.3, 0.4) is 0 Å². The molecule has 1 aromatic rings. The highest BCUT2D eigenvalue weighted by Crippen LogP contribution is 2.26. The zero-order valence-electron chi connectivity index (χ0n) is 7.76. The molecule has 0 aliphatic carbocycles. The third kappa shape index (κ3) is 1.77. The Morgan fingerprint density at radius 1 is 1.25 bits per heavy atom. The predicted octanol–water partition coefficient (Wildman–Crippen LogP) is 1.96. The summed E-state index contributed by atoms with van der Waals surface area (Å²) in [5.74, 6) is 0. The Morgan fingerprint density at radius 2 is 1.83 bits per heavy atom. The first kappa shape index (κ1) is 9.07. The van der Waals surface area contributed by atoms with Crippen molar-refractivity contribution in [2.24, 2.45) is 0 Å². The molecule has 0 saturated carbocycles. The second kappa shape index (κ2) is 3.15. The fourth-order valence-corrected chi connectivity index (χ4v) is 1.23. The molecule has 12 heavy (non-hydrogen) atoms.